The van der Waals surface area contributed by atoms with E-state index in [4.69, 9.17) is 11.0 Å². The summed E-state index contributed by atoms with van der Waals surface area (Å²) in [5.74, 6) is 2.59. The molecule has 4 bridgehead atoms. The number of nitrogens with zero attached hydrogens (tertiary/aromatic N) is 2. The topological polar surface area (TPSA) is 87.6 Å². The molecule has 0 aromatic carbocycles. The Bertz CT molecular complexity index is 598. The predicted octanol–water partition coefficient (Wildman–Crippen LogP) is 1.56. The average molecular weight is 258 g/mol. The van der Waals surface area contributed by atoms with Crippen molar-refractivity contribution >= 4 is 5.82 Å². The second-order valence-electron chi connectivity index (χ2n) is 6.78. The zero-order valence-electron chi connectivity index (χ0n) is 10.9. The lowest BCUT2D eigenvalue weighted by atomic mass is 9.53. The van der Waals surface area contributed by atoms with Crippen molar-refractivity contribution < 1.29 is 0 Å². The third kappa shape index (κ3) is 1.37. The van der Waals surface area contributed by atoms with Crippen LogP contribution in [0.5, 0.6) is 0 Å². The molecule has 0 amide bonds. The van der Waals surface area contributed by atoms with Gasteiger partial charge in [-0.25, -0.2) is 4.79 Å². The van der Waals surface area contributed by atoms with E-state index in [1.165, 1.54) is 19.3 Å². The van der Waals surface area contributed by atoms with Gasteiger partial charge in [0.05, 0.1) is 5.54 Å². The minimum Gasteiger partial charge on any atom is -0.383 e. The molecule has 5 rings (SSSR count). The van der Waals surface area contributed by atoms with Gasteiger partial charge in [0, 0.05) is 0 Å². The van der Waals surface area contributed by atoms with Gasteiger partial charge >= 0.3 is 5.69 Å². The summed E-state index contributed by atoms with van der Waals surface area (Å²) in [7, 11) is 0. The summed E-state index contributed by atoms with van der Waals surface area (Å²) < 4.78 is 1.72. The monoisotopic (exact) mass is 258 g/mol. The summed E-state index contributed by atoms with van der Waals surface area (Å²) in [5, 5.41) is 9.02. The fourth-order valence-electron chi connectivity index (χ4n) is 5.34. The van der Waals surface area contributed by atoms with E-state index < -0.39 is 0 Å². The number of hydrogen-bond acceptors (Lipinski definition) is 3. The first kappa shape index (κ1) is 11.2. The van der Waals surface area contributed by atoms with Crippen LogP contribution in [-0.2, 0) is 5.54 Å². The van der Waals surface area contributed by atoms with Crippen LogP contribution in [0.2, 0.25) is 0 Å². The number of rotatable bonds is 1. The van der Waals surface area contributed by atoms with Gasteiger partial charge in [-0.2, -0.15) is 5.26 Å². The summed E-state index contributed by atoms with van der Waals surface area (Å²) in [6, 6.07) is 1.99. The predicted molar refractivity (Wildman–Crippen MR) is 70.3 cm³/mol. The molecular formula is C14H18N4O. The lowest BCUT2D eigenvalue weighted by molar-refractivity contribution is -0.0435. The molecule has 4 aliphatic rings. The van der Waals surface area contributed by atoms with Gasteiger partial charge in [0.15, 0.2) is 5.69 Å². The highest BCUT2D eigenvalue weighted by molar-refractivity contribution is 5.45. The molecule has 4 fully saturated rings. The quantitative estimate of drug-likeness (QED) is 0.801. The number of nitrogen functional groups attached to an aromatic ring is 1. The van der Waals surface area contributed by atoms with Gasteiger partial charge in [-0.15, -0.1) is 0 Å². The van der Waals surface area contributed by atoms with Crippen molar-refractivity contribution in [3.8, 4) is 6.07 Å². The highest BCUT2D eigenvalue weighted by Crippen LogP contribution is 2.58. The number of aromatic amines is 1. The Morgan fingerprint density at radius 2 is 1.74 bits per heavy atom. The third-order valence-electron chi connectivity index (χ3n) is 5.52. The van der Waals surface area contributed by atoms with E-state index in [1.807, 2.05) is 6.07 Å². The standard InChI is InChI=1S/C14H18N4O/c15-7-11-12(16)18(13(19)17-11)14-4-8-1-9(5-14)3-10(2-8)6-14/h8-10H,1-6,16H2,(H,17,19). The van der Waals surface area contributed by atoms with Crippen molar-refractivity contribution in [3.63, 3.8) is 0 Å². The normalized spacial score (nSPS) is 39.4. The van der Waals surface area contributed by atoms with E-state index in [0.717, 1.165) is 37.0 Å². The summed E-state index contributed by atoms with van der Waals surface area (Å²) in [6.45, 7) is 0. The zero-order valence-corrected chi connectivity index (χ0v) is 10.9. The van der Waals surface area contributed by atoms with Gasteiger partial charge < -0.3 is 5.73 Å². The maximum Gasteiger partial charge on any atom is 0.328 e. The Balaban J connectivity index is 1.87. The van der Waals surface area contributed by atoms with Crippen molar-refractivity contribution in [2.45, 2.75) is 44.1 Å². The Morgan fingerprint density at radius 3 is 2.16 bits per heavy atom. The van der Waals surface area contributed by atoms with Crippen LogP contribution in [0.15, 0.2) is 4.79 Å². The first-order chi connectivity index (χ1) is 9.11. The molecule has 0 atom stereocenters. The Kier molecular flexibility index (Phi) is 2.02. The Hall–Kier alpha value is -1.70. The van der Waals surface area contributed by atoms with E-state index in [2.05, 4.69) is 4.98 Å². The molecule has 0 unspecified atom stereocenters. The van der Waals surface area contributed by atoms with Crippen molar-refractivity contribution in [2.24, 2.45) is 17.8 Å². The number of nitrogens with two attached hydrogens (primary N) is 1. The van der Waals surface area contributed by atoms with E-state index in [9.17, 15) is 4.79 Å². The zero-order chi connectivity index (χ0) is 13.2. The number of H-pyrrole nitrogens is 1. The lowest BCUT2D eigenvalue weighted by Crippen LogP contribution is -2.54. The number of anilines is 1. The molecule has 1 heterocycles. The highest BCUT2D eigenvalue weighted by Gasteiger charge is 2.53. The molecule has 100 valence electrons. The van der Waals surface area contributed by atoms with Crippen LogP contribution in [0, 0.1) is 29.1 Å². The molecule has 5 nitrogen and oxygen atoms in total. The molecule has 0 radical (unpaired) electrons. The van der Waals surface area contributed by atoms with Crippen LogP contribution < -0.4 is 11.4 Å². The summed E-state index contributed by atoms with van der Waals surface area (Å²) in [6.07, 6.45) is 7.15. The van der Waals surface area contributed by atoms with E-state index in [0.29, 0.717) is 5.82 Å². The molecule has 4 aliphatic carbocycles. The molecule has 0 spiro atoms. The smallest absolute Gasteiger partial charge is 0.328 e. The van der Waals surface area contributed by atoms with Gasteiger partial charge in [0.1, 0.15) is 11.9 Å². The van der Waals surface area contributed by atoms with Crippen LogP contribution in [0.1, 0.15) is 44.2 Å². The highest BCUT2D eigenvalue weighted by atomic mass is 16.1. The number of imidazole rings is 1. The fraction of sp³-hybridized carbons (Fsp3) is 0.714. The van der Waals surface area contributed by atoms with Crippen molar-refractivity contribution in [3.05, 3.63) is 16.2 Å². The van der Waals surface area contributed by atoms with Gasteiger partial charge in [0.2, 0.25) is 0 Å². The summed E-state index contributed by atoms with van der Waals surface area (Å²) >= 11 is 0. The van der Waals surface area contributed by atoms with E-state index in [-0.39, 0.29) is 16.9 Å². The molecule has 3 N–H and O–H groups in total. The molecule has 1 aromatic rings. The molecule has 1 aromatic heterocycles. The average Bonchev–Trinajstić information content (AvgIpc) is 2.62. The first-order valence-corrected chi connectivity index (χ1v) is 7.12. The van der Waals surface area contributed by atoms with Gasteiger partial charge in [-0.1, -0.05) is 0 Å². The second kappa shape index (κ2) is 3.44. The van der Waals surface area contributed by atoms with Crippen molar-refractivity contribution in [2.75, 3.05) is 5.73 Å². The van der Waals surface area contributed by atoms with Crippen LogP contribution in [0.3, 0.4) is 0 Å². The lowest BCUT2D eigenvalue weighted by Gasteiger charge is -2.57. The third-order valence-corrected chi connectivity index (χ3v) is 5.52. The van der Waals surface area contributed by atoms with Gasteiger partial charge in [0.25, 0.3) is 0 Å². The number of hydrogen-bond donors (Lipinski definition) is 2. The molecular weight excluding hydrogens is 240 g/mol. The molecule has 4 saturated carbocycles. The molecule has 0 aliphatic heterocycles. The summed E-state index contributed by atoms with van der Waals surface area (Å²) in [4.78, 5) is 14.8. The number of aromatic nitrogens is 2. The SMILES string of the molecule is N#Cc1[nH]c(=O)n(C23CC4CC(CC(C4)C2)C3)c1N. The molecule has 0 saturated heterocycles. The van der Waals surface area contributed by atoms with Crippen molar-refractivity contribution in [1.82, 2.24) is 9.55 Å². The Morgan fingerprint density at radius 1 is 1.21 bits per heavy atom. The van der Waals surface area contributed by atoms with E-state index >= 15 is 0 Å². The number of nitrogens with one attached hydrogen (secondary N) is 1. The van der Waals surface area contributed by atoms with Crippen LogP contribution >= 0.6 is 0 Å². The van der Waals surface area contributed by atoms with Crippen LogP contribution in [-0.4, -0.2) is 9.55 Å². The summed E-state index contributed by atoms with van der Waals surface area (Å²) in [5.41, 5.74) is 5.96. The first-order valence-electron chi connectivity index (χ1n) is 7.12. The van der Waals surface area contributed by atoms with E-state index in [1.54, 1.807) is 4.57 Å². The van der Waals surface area contributed by atoms with Gasteiger partial charge in [-0.05, 0) is 56.3 Å². The molecule has 5 heteroatoms. The fourth-order valence-corrected chi connectivity index (χ4v) is 5.34. The van der Waals surface area contributed by atoms with Crippen molar-refractivity contribution in [1.29, 1.82) is 5.26 Å². The maximum atomic E-state index is 12.2. The van der Waals surface area contributed by atoms with Crippen LogP contribution in [0.4, 0.5) is 5.82 Å². The number of nitriles is 1. The Labute approximate surface area is 111 Å². The minimum atomic E-state index is -0.198. The van der Waals surface area contributed by atoms with Crippen LogP contribution in [0.25, 0.3) is 0 Å². The maximum absolute atomic E-state index is 12.2. The minimum absolute atomic E-state index is 0.110. The second-order valence-corrected chi connectivity index (χ2v) is 6.78. The van der Waals surface area contributed by atoms with Gasteiger partial charge in [-0.3, -0.25) is 9.55 Å². The molecule has 19 heavy (non-hydrogen) atoms. The largest absolute Gasteiger partial charge is 0.383 e.